The van der Waals surface area contributed by atoms with E-state index in [0.29, 0.717) is 88.3 Å². The maximum absolute atomic E-state index is 13.8. The van der Waals surface area contributed by atoms with E-state index in [9.17, 15) is 89.8 Å². The van der Waals surface area contributed by atoms with E-state index in [1.807, 2.05) is 69.2 Å². The fourth-order valence-corrected chi connectivity index (χ4v) is 15.5. The molecule has 0 aromatic rings. The maximum atomic E-state index is 13.8. The number of cyclic esters (lactones) is 2. The molecule has 2 aliphatic heterocycles. The third kappa shape index (κ3) is 50.6. The summed E-state index contributed by atoms with van der Waals surface area (Å²) in [5, 5.41) is 10.6. The topological polar surface area (TPSA) is 388 Å². The summed E-state index contributed by atoms with van der Waals surface area (Å²) < 4.78 is 125. The quantitative estimate of drug-likeness (QED) is 0.0196. The first-order valence-corrected chi connectivity index (χ1v) is 45.3. The van der Waals surface area contributed by atoms with Crippen molar-refractivity contribution >= 4 is 83.6 Å². The lowest BCUT2D eigenvalue weighted by Gasteiger charge is -2.60. The van der Waals surface area contributed by atoms with Crippen molar-refractivity contribution < 1.29 is 156 Å². The molecule has 8 aliphatic carbocycles. The smallest absolute Gasteiger partial charge is 0.347 e. The average Bonchev–Trinajstić information content (AvgIpc) is 1.68. The molecule has 840 valence electrons. The number of halogens is 4. The highest BCUT2D eigenvalue weighted by Gasteiger charge is 2.61. The van der Waals surface area contributed by atoms with E-state index >= 15 is 0 Å². The standard InChI is InChI=1S/C21H34F2O8.C19H28F2O8.C18H30O2.C16H26O3.2C10H16O4.14CH4/c1-7-19(3,4)17(26)30-11-9-28-15(24)13-21(22,23)14-16(25)29-10-12-31-18(27)20(5,6)8-2;1-6-18(4,5)17(25)29-10-8-27-15(23)12-19(20,21)11-14(22)26-7-9-28-16(24)13(2)3;1-5-17(3,4)16(19)20-18(6-2)14-8-12-7-13(10-14)11-15(18)9-12;1-4-14(2,3)13(17)19-16-8-11-5-12(9-16)7-15(18,6-11)10-16;2*1-4-10(2,3)9(12)14-7-5-6-13-8(7)11;;;;;;;;;;;;;;/h7-14H2,1-6H3;2,6-12H2,1,3-5H3;12-15H,5-11H2,1-4H3;11-12,18H,4-10H2,1-3H3;2*7H,4-6H2,1-3H3;14*1H4. The van der Waals surface area contributed by atoms with Gasteiger partial charge in [-0.15, -0.1) is 0 Å². The molecule has 0 spiro atoms. The van der Waals surface area contributed by atoms with Gasteiger partial charge in [-0.3, -0.25) is 52.7 Å². The molecule has 8 bridgehead atoms. The molecule has 10 fully saturated rings. The summed E-state index contributed by atoms with van der Waals surface area (Å²) >= 11 is 0. The number of esters is 14. The van der Waals surface area contributed by atoms with Crippen molar-refractivity contribution in [3.05, 3.63) is 12.2 Å². The van der Waals surface area contributed by atoms with Crippen molar-refractivity contribution in [1.82, 2.24) is 0 Å². The molecule has 0 aromatic carbocycles. The normalized spacial score (nSPS) is 21.4. The average molecular weight is 2040 g/mol. The molecule has 0 radical (unpaired) electrons. The lowest BCUT2D eigenvalue weighted by atomic mass is 9.49. The largest absolute Gasteiger partial charge is 0.463 e. The van der Waals surface area contributed by atoms with Crippen LogP contribution in [0.5, 0.6) is 0 Å². The first kappa shape index (κ1) is 158. The predicted octanol–water partition coefficient (Wildman–Crippen LogP) is 25.1. The number of ether oxygens (including phenoxy) is 14. The summed E-state index contributed by atoms with van der Waals surface area (Å²) in [4.78, 5) is 162. The molecular formula is C108H206F4O29. The Morgan fingerprint density at radius 3 is 0.830 bits per heavy atom. The third-order valence-electron chi connectivity index (χ3n) is 26.2. The fraction of sp³-hybridized carbons (Fsp3) is 0.852. The summed E-state index contributed by atoms with van der Waals surface area (Å²) in [7, 11) is 0. The van der Waals surface area contributed by atoms with Crippen molar-refractivity contribution in [2.45, 2.75) is 465 Å². The first-order chi connectivity index (χ1) is 58.6. The number of rotatable bonds is 40. The van der Waals surface area contributed by atoms with Gasteiger partial charge in [0.1, 0.15) is 89.7 Å². The Hall–Kier alpha value is -8.00. The fourth-order valence-electron chi connectivity index (χ4n) is 15.5. The molecule has 1 N–H and O–H groups in total. The van der Waals surface area contributed by atoms with Crippen LogP contribution in [0.2, 0.25) is 0 Å². The van der Waals surface area contributed by atoms with Crippen LogP contribution in [0, 0.1) is 73.4 Å². The van der Waals surface area contributed by atoms with E-state index in [-0.39, 0.29) is 196 Å². The monoisotopic (exact) mass is 2040 g/mol. The molecule has 10 rings (SSSR count). The highest BCUT2D eigenvalue weighted by Crippen LogP contribution is 2.62. The first-order valence-electron chi connectivity index (χ1n) is 45.3. The van der Waals surface area contributed by atoms with Gasteiger partial charge in [0, 0.05) is 24.8 Å². The van der Waals surface area contributed by atoms with Crippen LogP contribution in [-0.4, -0.2) is 196 Å². The van der Waals surface area contributed by atoms with Crippen LogP contribution in [0.3, 0.4) is 0 Å². The van der Waals surface area contributed by atoms with Crippen molar-refractivity contribution in [3.63, 3.8) is 0 Å². The van der Waals surface area contributed by atoms with Crippen molar-refractivity contribution in [1.29, 1.82) is 0 Å². The summed E-state index contributed by atoms with van der Waals surface area (Å²) in [5.41, 5.74) is -4.77. The summed E-state index contributed by atoms with van der Waals surface area (Å²) in [6.45, 7) is 43.7. The van der Waals surface area contributed by atoms with Gasteiger partial charge in [-0.05, 0) is 255 Å². The van der Waals surface area contributed by atoms with Gasteiger partial charge in [0.2, 0.25) is 12.2 Å². The maximum Gasteiger partial charge on any atom is 0.347 e. The second kappa shape index (κ2) is 68.4. The molecule has 4 unspecified atom stereocenters. The minimum atomic E-state index is -3.68. The van der Waals surface area contributed by atoms with Crippen LogP contribution in [0.25, 0.3) is 0 Å². The number of carbonyl (C=O) groups excluding carboxylic acids is 14. The van der Waals surface area contributed by atoms with Gasteiger partial charge in [0.25, 0.3) is 11.8 Å². The van der Waals surface area contributed by atoms with E-state index in [0.717, 1.165) is 56.8 Å². The molecular weight excluding hydrogens is 1840 g/mol. The Labute approximate surface area is 851 Å². The van der Waals surface area contributed by atoms with E-state index in [2.05, 4.69) is 44.1 Å². The summed E-state index contributed by atoms with van der Waals surface area (Å²) in [5.74, 6) is -11.8. The van der Waals surface area contributed by atoms with Gasteiger partial charge in [0.15, 0.2) is 0 Å². The van der Waals surface area contributed by atoms with Gasteiger partial charge in [-0.2, -0.15) is 0 Å². The Balaban J connectivity index is -0.000000142. The van der Waals surface area contributed by atoms with Gasteiger partial charge in [-0.25, -0.2) is 31.9 Å². The van der Waals surface area contributed by atoms with Crippen LogP contribution in [-0.2, 0) is 133 Å². The number of carbonyl (C=O) groups is 14. The van der Waals surface area contributed by atoms with E-state index in [1.165, 1.54) is 45.4 Å². The molecule has 33 heteroatoms. The third-order valence-corrected chi connectivity index (χ3v) is 26.2. The van der Waals surface area contributed by atoms with Crippen LogP contribution < -0.4 is 0 Å². The lowest BCUT2D eigenvalue weighted by molar-refractivity contribution is -0.225. The highest BCUT2D eigenvalue weighted by atomic mass is 19.3. The minimum absolute atomic E-state index is 0. The zero-order valence-corrected chi connectivity index (χ0v) is 80.0. The molecule has 10 aliphatic rings. The van der Waals surface area contributed by atoms with Crippen LogP contribution >= 0.6 is 0 Å². The van der Waals surface area contributed by atoms with Gasteiger partial charge < -0.3 is 71.4 Å². The number of hydrogen-bond acceptors (Lipinski definition) is 29. The second-order valence-electron chi connectivity index (χ2n) is 39.7. The Kier molecular flexibility index (Phi) is 76.8. The Bertz CT molecular complexity index is 3580. The van der Waals surface area contributed by atoms with Gasteiger partial charge in [0.05, 0.1) is 56.7 Å². The van der Waals surface area contributed by atoms with Crippen molar-refractivity contribution in [2.24, 2.45) is 73.4 Å². The van der Waals surface area contributed by atoms with Gasteiger partial charge in [-0.1, -0.05) is 166 Å². The summed E-state index contributed by atoms with van der Waals surface area (Å²) in [6.07, 6.45) is 12.3. The molecule has 2 saturated heterocycles. The molecule has 8 saturated carbocycles. The minimum Gasteiger partial charge on any atom is -0.463 e. The molecule has 141 heavy (non-hydrogen) atoms. The molecule has 0 aromatic heterocycles. The van der Waals surface area contributed by atoms with E-state index in [4.69, 9.17) is 42.6 Å². The molecule has 2 heterocycles. The number of hydrogen-bond donors (Lipinski definition) is 1. The van der Waals surface area contributed by atoms with Crippen molar-refractivity contribution in [3.8, 4) is 0 Å². The van der Waals surface area contributed by atoms with Crippen LogP contribution in [0.1, 0.15) is 424 Å². The Morgan fingerprint density at radius 2 is 0.589 bits per heavy atom. The number of aliphatic hydroxyl groups is 1. The zero-order valence-electron chi connectivity index (χ0n) is 80.0. The molecule has 0 amide bonds. The second-order valence-corrected chi connectivity index (χ2v) is 39.7. The number of alkyl halides is 4. The SMILES string of the molecule is C.C.C.C.C.C.C.C.C.C.C.C.C.C.C=C(C)C(=O)OCCOC(=O)CC(F)(F)CC(=O)OCCOC(=O)C(C)(C)CC.CCC(C)(C)C(=O)OC1(CC)C2CC3CC(C2)CC1C3.CCC(C)(C)C(=O)OC12CC3CC(CC(O)(C3)C1)C2.CCC(C)(C)C(=O)OC1CCOC1=O.CCC(C)(C)C(=O)OC1CCOC1=O.CCC(C)(C)C(=O)OCCOC(=O)CC(F)(F)CC(=O)OCCOC(=O)C(C)(C)CC. The molecule has 4 atom stereocenters. The Morgan fingerprint density at radius 1 is 0.348 bits per heavy atom. The van der Waals surface area contributed by atoms with Gasteiger partial charge >= 0.3 is 83.6 Å². The van der Waals surface area contributed by atoms with E-state index < -0.39 is 154 Å². The zero-order chi connectivity index (χ0) is 96.9. The molecule has 29 nitrogen and oxygen atoms in total. The van der Waals surface area contributed by atoms with Crippen molar-refractivity contribution in [2.75, 3.05) is 66.1 Å². The predicted molar refractivity (Wildman–Crippen MR) is 549 cm³/mol. The summed E-state index contributed by atoms with van der Waals surface area (Å²) in [6, 6.07) is 0. The van der Waals surface area contributed by atoms with E-state index in [1.54, 1.807) is 69.2 Å². The van der Waals surface area contributed by atoms with Crippen LogP contribution in [0.15, 0.2) is 12.2 Å². The highest BCUT2D eigenvalue weighted by molar-refractivity contribution is 5.87. The lowest BCUT2D eigenvalue weighted by Crippen LogP contribution is -2.61. The van der Waals surface area contributed by atoms with Crippen LogP contribution in [0.4, 0.5) is 17.6 Å².